The molecule has 0 bridgehead atoms. The zero-order chi connectivity index (χ0) is 18.7. The van der Waals surface area contributed by atoms with Crippen LogP contribution in [0.15, 0.2) is 54.6 Å². The van der Waals surface area contributed by atoms with Crippen LogP contribution in [0, 0.1) is 11.6 Å². The molecule has 0 N–H and O–H groups in total. The number of aryl methyl sites for hydroxylation is 1. The van der Waals surface area contributed by atoms with Crippen molar-refractivity contribution in [2.45, 2.75) is 6.42 Å². The van der Waals surface area contributed by atoms with E-state index in [1.54, 1.807) is 49.3 Å². The molecule has 4 nitrogen and oxygen atoms in total. The molecular weight excluding hydrogens is 336 g/mol. The third-order valence-electron chi connectivity index (χ3n) is 4.23. The lowest BCUT2D eigenvalue weighted by molar-refractivity contribution is 0.0786. The van der Waals surface area contributed by atoms with Gasteiger partial charge in [-0.05, 0) is 54.4 Å². The minimum absolute atomic E-state index is 0.157. The molecule has 0 aliphatic rings. The lowest BCUT2D eigenvalue weighted by Crippen LogP contribution is -2.30. The summed E-state index contributed by atoms with van der Waals surface area (Å²) in [4.78, 5) is 14.3. The molecule has 0 aliphatic heterocycles. The van der Waals surface area contributed by atoms with E-state index in [0.29, 0.717) is 24.4 Å². The summed E-state index contributed by atoms with van der Waals surface area (Å²) in [5, 5.41) is 4.35. The minimum Gasteiger partial charge on any atom is -0.340 e. The molecule has 0 saturated heterocycles. The van der Waals surface area contributed by atoms with Crippen LogP contribution in [0.4, 0.5) is 8.78 Å². The van der Waals surface area contributed by atoms with Gasteiger partial charge in [0.15, 0.2) is 0 Å². The van der Waals surface area contributed by atoms with Crippen molar-refractivity contribution >= 4 is 5.91 Å². The third-order valence-corrected chi connectivity index (χ3v) is 4.23. The Morgan fingerprint density at radius 1 is 1.04 bits per heavy atom. The molecule has 26 heavy (non-hydrogen) atoms. The molecule has 1 amide bonds. The van der Waals surface area contributed by atoms with Gasteiger partial charge in [-0.3, -0.25) is 9.48 Å². The normalized spacial score (nSPS) is 10.8. The quantitative estimate of drug-likeness (QED) is 0.700. The van der Waals surface area contributed by atoms with E-state index in [1.807, 2.05) is 0 Å². The van der Waals surface area contributed by atoms with Crippen molar-refractivity contribution < 1.29 is 13.6 Å². The van der Waals surface area contributed by atoms with E-state index < -0.39 is 0 Å². The van der Waals surface area contributed by atoms with Crippen LogP contribution in [-0.2, 0) is 13.5 Å². The van der Waals surface area contributed by atoms with Crippen molar-refractivity contribution in [3.05, 3.63) is 77.5 Å². The van der Waals surface area contributed by atoms with E-state index in [1.165, 1.54) is 28.9 Å². The van der Waals surface area contributed by atoms with Gasteiger partial charge in [0, 0.05) is 26.2 Å². The number of aromatic nitrogens is 2. The lowest BCUT2D eigenvalue weighted by atomic mass is 10.1. The molecule has 0 saturated carbocycles. The van der Waals surface area contributed by atoms with Gasteiger partial charge in [-0.2, -0.15) is 5.10 Å². The van der Waals surface area contributed by atoms with Crippen LogP contribution in [0.5, 0.6) is 0 Å². The Kier molecular flexibility index (Phi) is 5.11. The van der Waals surface area contributed by atoms with Crippen LogP contribution in [0.3, 0.4) is 0 Å². The molecule has 0 aliphatic carbocycles. The molecule has 1 aromatic heterocycles. The summed E-state index contributed by atoms with van der Waals surface area (Å²) in [5.41, 5.74) is 2.77. The van der Waals surface area contributed by atoms with Crippen LogP contribution in [0.25, 0.3) is 11.3 Å². The van der Waals surface area contributed by atoms with Gasteiger partial charge in [-0.1, -0.05) is 12.1 Å². The average Bonchev–Trinajstić information content (AvgIpc) is 3.02. The summed E-state index contributed by atoms with van der Waals surface area (Å²) in [6.07, 6.45) is 0.630. The Hall–Kier alpha value is -3.02. The van der Waals surface area contributed by atoms with Crippen molar-refractivity contribution in [2.24, 2.45) is 7.05 Å². The molecule has 0 atom stereocenters. The molecular formula is C20H19F2N3O. The molecule has 0 unspecified atom stereocenters. The Labute approximate surface area is 150 Å². The van der Waals surface area contributed by atoms with Crippen LogP contribution < -0.4 is 0 Å². The van der Waals surface area contributed by atoms with Gasteiger partial charge in [0.2, 0.25) is 0 Å². The lowest BCUT2D eigenvalue weighted by Gasteiger charge is -2.17. The van der Waals surface area contributed by atoms with Crippen molar-refractivity contribution in [1.82, 2.24) is 14.7 Å². The maximum absolute atomic E-state index is 13.1. The Morgan fingerprint density at radius 3 is 2.23 bits per heavy atom. The molecule has 6 heteroatoms. The van der Waals surface area contributed by atoms with E-state index in [0.717, 1.165) is 11.1 Å². The molecule has 0 radical (unpaired) electrons. The van der Waals surface area contributed by atoms with E-state index in [2.05, 4.69) is 5.10 Å². The highest BCUT2D eigenvalue weighted by atomic mass is 19.1. The molecule has 2 aromatic carbocycles. The zero-order valence-electron chi connectivity index (χ0n) is 14.6. The Bertz CT molecular complexity index is 902. The number of amides is 1. The van der Waals surface area contributed by atoms with Crippen LogP contribution in [0.1, 0.15) is 16.1 Å². The number of halogens is 2. The second-order valence-corrected chi connectivity index (χ2v) is 6.15. The first-order chi connectivity index (χ1) is 12.4. The number of carbonyl (C=O) groups is 1. The van der Waals surface area contributed by atoms with E-state index >= 15 is 0 Å². The predicted molar refractivity (Wildman–Crippen MR) is 95.7 cm³/mol. The summed E-state index contributed by atoms with van der Waals surface area (Å²) in [6.45, 7) is 0.502. The topological polar surface area (TPSA) is 38.1 Å². The number of hydrogen-bond acceptors (Lipinski definition) is 2. The maximum Gasteiger partial charge on any atom is 0.271 e. The van der Waals surface area contributed by atoms with Gasteiger partial charge in [0.1, 0.15) is 17.3 Å². The van der Waals surface area contributed by atoms with E-state index in [9.17, 15) is 13.6 Å². The van der Waals surface area contributed by atoms with Gasteiger partial charge in [0.25, 0.3) is 5.91 Å². The smallest absolute Gasteiger partial charge is 0.271 e. The van der Waals surface area contributed by atoms with Crippen LogP contribution in [-0.4, -0.2) is 34.2 Å². The van der Waals surface area contributed by atoms with Crippen molar-refractivity contribution in [3.63, 3.8) is 0 Å². The molecule has 3 aromatic rings. The zero-order valence-corrected chi connectivity index (χ0v) is 14.6. The monoisotopic (exact) mass is 355 g/mol. The second kappa shape index (κ2) is 7.47. The summed E-state index contributed by atoms with van der Waals surface area (Å²) in [6, 6.07) is 13.9. The third kappa shape index (κ3) is 3.96. The highest BCUT2D eigenvalue weighted by Gasteiger charge is 2.18. The summed E-state index contributed by atoms with van der Waals surface area (Å²) in [7, 11) is 3.42. The van der Waals surface area contributed by atoms with Gasteiger partial charge < -0.3 is 4.90 Å². The van der Waals surface area contributed by atoms with E-state index in [4.69, 9.17) is 0 Å². The first-order valence-electron chi connectivity index (χ1n) is 8.24. The van der Waals surface area contributed by atoms with Crippen LogP contribution >= 0.6 is 0 Å². The maximum atomic E-state index is 13.1. The summed E-state index contributed by atoms with van der Waals surface area (Å²) in [5.74, 6) is -0.752. The average molecular weight is 355 g/mol. The summed E-state index contributed by atoms with van der Waals surface area (Å²) < 4.78 is 27.5. The predicted octanol–water partition coefficient (Wildman–Crippen LogP) is 3.68. The minimum atomic E-state index is -0.318. The second-order valence-electron chi connectivity index (χ2n) is 6.15. The first kappa shape index (κ1) is 17.8. The Morgan fingerprint density at radius 2 is 1.62 bits per heavy atom. The molecule has 0 spiro atoms. The Balaban J connectivity index is 1.70. The fourth-order valence-corrected chi connectivity index (χ4v) is 2.67. The molecule has 0 fully saturated rings. The van der Waals surface area contributed by atoms with Crippen molar-refractivity contribution in [2.75, 3.05) is 13.6 Å². The number of carbonyl (C=O) groups excluding carboxylic acids is 1. The highest BCUT2D eigenvalue weighted by molar-refractivity contribution is 5.93. The number of benzene rings is 2. The standard InChI is InChI=1S/C20H19F2N3O/c1-24(12-11-14-3-7-16(21)8-4-14)20(26)19-13-18(23-25(19)2)15-5-9-17(22)10-6-15/h3-10,13H,11-12H2,1-2H3. The van der Waals surface area contributed by atoms with Crippen molar-refractivity contribution in [1.29, 1.82) is 0 Å². The van der Waals surface area contributed by atoms with Crippen LogP contribution in [0.2, 0.25) is 0 Å². The SMILES string of the molecule is CN(CCc1ccc(F)cc1)C(=O)c1cc(-c2ccc(F)cc2)nn1C. The molecule has 134 valence electrons. The number of rotatable bonds is 5. The fourth-order valence-electron chi connectivity index (χ4n) is 2.67. The largest absolute Gasteiger partial charge is 0.340 e. The molecule has 1 heterocycles. The number of nitrogens with zero attached hydrogens (tertiary/aromatic N) is 3. The van der Waals surface area contributed by atoms with Crippen molar-refractivity contribution in [3.8, 4) is 11.3 Å². The van der Waals surface area contributed by atoms with E-state index in [-0.39, 0.29) is 17.5 Å². The molecule has 3 rings (SSSR count). The van der Waals surface area contributed by atoms with Gasteiger partial charge in [-0.15, -0.1) is 0 Å². The fraction of sp³-hybridized carbons (Fsp3) is 0.200. The van der Waals surface area contributed by atoms with Gasteiger partial charge in [0.05, 0.1) is 5.69 Å². The summed E-state index contributed by atoms with van der Waals surface area (Å²) >= 11 is 0. The van der Waals surface area contributed by atoms with Gasteiger partial charge >= 0.3 is 0 Å². The number of hydrogen-bond donors (Lipinski definition) is 0. The number of likely N-dealkylation sites (N-methyl/N-ethyl adjacent to an activating group) is 1. The van der Waals surface area contributed by atoms with Gasteiger partial charge in [-0.25, -0.2) is 8.78 Å². The highest BCUT2D eigenvalue weighted by Crippen LogP contribution is 2.20. The first-order valence-corrected chi connectivity index (χ1v) is 8.24.